The Labute approximate surface area is 869 Å². The van der Waals surface area contributed by atoms with E-state index in [-0.39, 0.29) is 89.5 Å². The topological polar surface area (TPSA) is 575 Å². The van der Waals surface area contributed by atoms with Gasteiger partial charge in [0.15, 0.2) is 46.0 Å². The number of nitrogens with zero attached hydrogens (tertiary/aromatic N) is 6. The van der Waals surface area contributed by atoms with Gasteiger partial charge in [0, 0.05) is 58.5 Å². The normalized spacial score (nSPS) is 10.3. The maximum atomic E-state index is 8.49. The van der Waals surface area contributed by atoms with Gasteiger partial charge in [-0.25, -0.2) is 74.5 Å². The first-order valence-electron chi connectivity index (χ1n) is 38.0. The standard InChI is InChI=1S/2C34H33NO8P2.2C10H8N2.4Au.4ClHO4/c2*1-36-27-18-8-12-22-31(27)40-44(41-32-23-13-9-19-28(32)37-2)35(26-16-6-5-7-17-26)45(42-33-24-14-10-20-29(33)38-3)43-34-25-15-11-21-30(34)39-4;2*1-5-11-6-2-9(1)10-3-7-12-8-4-10;;;;;4*2-1(3,4)5/h2*5-25H,1-4H3;2*1-8H;;;;;4*(H,2,3,4,5)/q;;;;4*+1;;;;. The molecule has 0 aliphatic rings. The molecule has 0 unspecified atom stereocenters. The van der Waals surface area contributed by atoms with Gasteiger partial charge in [-0.05, 0) is 192 Å². The van der Waals surface area contributed by atoms with E-state index in [4.69, 9.17) is 149 Å². The van der Waals surface area contributed by atoms with Gasteiger partial charge in [0.1, 0.15) is 11.4 Å². The molecular formula is C88H86Au4Cl4N6O32P4+4. The van der Waals surface area contributed by atoms with E-state index in [2.05, 4.69) is 19.9 Å². The van der Waals surface area contributed by atoms with Gasteiger partial charge in [-0.1, -0.05) is 133 Å². The number of ether oxygens (including phenoxy) is 8. The molecule has 0 aliphatic heterocycles. The Balaban J connectivity index is 0.000000483. The van der Waals surface area contributed by atoms with Crippen molar-refractivity contribution in [2.24, 2.45) is 0 Å². The van der Waals surface area contributed by atoms with E-state index in [1.165, 1.54) is 22.3 Å². The molecule has 50 heteroatoms. The van der Waals surface area contributed by atoms with Gasteiger partial charge in [0.05, 0.1) is 56.9 Å². The fourth-order valence-electron chi connectivity index (χ4n) is 10.7. The van der Waals surface area contributed by atoms with Crippen molar-refractivity contribution in [3.05, 3.63) is 353 Å². The Hall–Kier alpha value is -9.60. The minimum atomic E-state index is -4.94. The van der Waals surface area contributed by atoms with Crippen LogP contribution in [-0.4, -0.2) is 76.8 Å². The Kier molecular flexibility index (Phi) is 58.1. The van der Waals surface area contributed by atoms with Gasteiger partial charge in [0.2, 0.25) is 46.0 Å². The van der Waals surface area contributed by atoms with Gasteiger partial charge in [-0.2, -0.15) is 0 Å². The van der Waals surface area contributed by atoms with Crippen LogP contribution < -0.4 is 158 Å². The van der Waals surface area contributed by atoms with Crippen molar-refractivity contribution in [2.75, 3.05) is 65.8 Å². The van der Waals surface area contributed by atoms with Crippen LogP contribution in [0.2, 0.25) is 0 Å². The predicted octanol–water partition coefficient (Wildman–Crippen LogP) is 2.78. The van der Waals surface area contributed by atoms with Gasteiger partial charge < -0.3 is 37.9 Å². The van der Waals surface area contributed by atoms with Crippen LogP contribution in [0.3, 0.4) is 0 Å². The zero-order chi connectivity index (χ0) is 97.3. The molecule has 0 fully saturated rings. The van der Waals surface area contributed by atoms with Gasteiger partial charge in [0.25, 0.3) is 0 Å². The molecule has 0 N–H and O–H groups in total. The van der Waals surface area contributed by atoms with Crippen molar-refractivity contribution in [1.29, 1.82) is 0 Å². The van der Waals surface area contributed by atoms with Crippen molar-refractivity contribution in [3.8, 4) is 114 Å². The van der Waals surface area contributed by atoms with E-state index in [0.717, 1.165) is 11.4 Å². The fraction of sp³-hybridized carbons (Fsp3) is 0.0909. The molecule has 0 spiro atoms. The van der Waals surface area contributed by atoms with Gasteiger partial charge in [-0.15, -0.1) is 41.0 Å². The largest absolute Gasteiger partial charge is 1.00 e. The zero-order valence-electron chi connectivity index (χ0n) is 73.0. The third kappa shape index (κ3) is 46.7. The summed E-state index contributed by atoms with van der Waals surface area (Å²) in [6.45, 7) is 0. The van der Waals surface area contributed by atoms with Gasteiger partial charge in [-0.3, -0.25) is 56.1 Å². The van der Waals surface area contributed by atoms with Crippen LogP contribution in [-0.2, 0) is 89.5 Å². The van der Waals surface area contributed by atoms with Crippen molar-refractivity contribution < 1.29 is 279 Å². The van der Waals surface area contributed by atoms with Crippen LogP contribution in [0.25, 0.3) is 22.3 Å². The number of aromatic nitrogens is 4. The number of para-hydroxylation sites is 18. The van der Waals surface area contributed by atoms with Crippen LogP contribution in [0.5, 0.6) is 92.0 Å². The first-order chi connectivity index (χ1) is 64.2. The molecule has 0 atom stereocenters. The second-order valence-electron chi connectivity index (χ2n) is 24.9. The summed E-state index contributed by atoms with van der Waals surface area (Å²) in [5.41, 5.74) is 6.18. The molecule has 0 amide bonds. The monoisotopic (exact) mass is 2790 g/mol. The number of benzene rings is 10. The summed E-state index contributed by atoms with van der Waals surface area (Å²) >= 11 is 0. The van der Waals surface area contributed by atoms with Crippen LogP contribution in [0.1, 0.15) is 0 Å². The Morgan fingerprint density at radius 2 is 0.283 bits per heavy atom. The van der Waals surface area contributed by atoms with E-state index in [1.807, 2.05) is 312 Å². The summed E-state index contributed by atoms with van der Waals surface area (Å²) < 4.78 is 239. The molecular weight excluding hydrogens is 2710 g/mol. The van der Waals surface area contributed by atoms with E-state index >= 15 is 0 Å². The summed E-state index contributed by atoms with van der Waals surface area (Å²) in [6, 6.07) is 94.4. The molecule has 14 aromatic rings. The molecule has 0 bridgehead atoms. The molecule has 748 valence electrons. The number of pyridine rings is 4. The second kappa shape index (κ2) is 65.4. The Morgan fingerprint density at radius 1 is 0.174 bits per heavy atom. The molecule has 0 aliphatic carbocycles. The summed E-state index contributed by atoms with van der Waals surface area (Å²) in [5, 5.41) is 0. The molecule has 138 heavy (non-hydrogen) atoms. The average Bonchev–Trinajstić information content (AvgIpc) is 0.795. The number of methoxy groups -OCH3 is 8. The van der Waals surface area contributed by atoms with E-state index in [1.54, 1.807) is 106 Å². The van der Waals surface area contributed by atoms with E-state index in [9.17, 15) is 0 Å². The Morgan fingerprint density at radius 3 is 0.399 bits per heavy atom. The number of anilines is 2. The van der Waals surface area contributed by atoms with Crippen LogP contribution >= 0.6 is 34.1 Å². The molecule has 10 aromatic carbocycles. The average molecular weight is 2790 g/mol. The number of halogens is 4. The molecule has 4 heterocycles. The SMILES string of the molecule is COc1ccccc1O[PH+](Oc1ccccc1OC)N(c1ccccc1)[PH+](Oc1ccccc1OC)Oc1ccccc1OC.COc1ccccc1O[PH+](Oc1ccccc1OC)N(c1ccccc1)[PH+](Oc1ccccc1OC)Oc1ccccc1OC.[Au+].[Au+].[Au+].[Au+].[O-][Cl+3]([O-])([O-])[O-].[O-][Cl+3]([O-])([O-])[O-].[O-][Cl+3]([O-])([O-])[O-].[O-][Cl+3]([O-])([O-])[O-].c1cc(-c2ccncc2)ccn1.c1cc(-c2ccncc2)ccn1. The van der Waals surface area contributed by atoms with Crippen LogP contribution in [0, 0.1) is 41.0 Å². The summed E-state index contributed by atoms with van der Waals surface area (Å²) in [7, 11) is -17.4. The maximum absolute atomic E-state index is 8.49. The van der Waals surface area contributed by atoms with Crippen LogP contribution in [0.15, 0.2) is 353 Å². The minimum Gasteiger partial charge on any atom is -0.493 e. The smallest absolute Gasteiger partial charge is 0.493 e. The minimum absolute atomic E-state index is 0. The maximum Gasteiger partial charge on any atom is 1.00 e. The number of hydrogen-bond acceptors (Lipinski definition) is 38. The van der Waals surface area contributed by atoms with Crippen molar-refractivity contribution in [3.63, 3.8) is 0 Å². The molecule has 14 rings (SSSR count). The first-order valence-corrected chi connectivity index (χ1v) is 47.9. The van der Waals surface area contributed by atoms with Crippen LogP contribution in [0.4, 0.5) is 11.4 Å². The molecule has 4 aromatic heterocycles. The molecule has 0 saturated heterocycles. The first kappa shape index (κ1) is 123. The predicted molar refractivity (Wildman–Crippen MR) is 455 cm³/mol. The van der Waals surface area contributed by atoms with Crippen molar-refractivity contribution in [2.45, 2.75) is 0 Å². The molecule has 0 saturated carbocycles. The third-order valence-corrected chi connectivity index (χ3v) is 24.1. The summed E-state index contributed by atoms with van der Waals surface area (Å²) in [6.07, 6.45) is 14.3. The number of hydrogen-bond donors (Lipinski definition) is 0. The van der Waals surface area contributed by atoms with Gasteiger partial charge >= 0.3 is 124 Å². The van der Waals surface area contributed by atoms with E-state index < -0.39 is 75.1 Å². The number of rotatable bonds is 32. The quantitative estimate of drug-likeness (QED) is 0.0432. The summed E-state index contributed by atoms with van der Waals surface area (Å²) in [4.78, 5) is 15.8. The second-order valence-corrected chi connectivity index (χ2v) is 34.4. The van der Waals surface area contributed by atoms with Crippen molar-refractivity contribution >= 4 is 45.5 Å². The van der Waals surface area contributed by atoms with E-state index in [0.29, 0.717) is 92.0 Å². The van der Waals surface area contributed by atoms with Crippen molar-refractivity contribution in [1.82, 2.24) is 19.9 Å². The Bertz CT molecular complexity index is 4810. The molecule has 38 nitrogen and oxygen atoms in total. The third-order valence-electron chi connectivity index (χ3n) is 16.3. The fourth-order valence-corrected chi connectivity index (χ4v) is 18.2. The zero-order valence-corrected chi connectivity index (χ0v) is 88.6. The summed E-state index contributed by atoms with van der Waals surface area (Å²) in [5.74, 6) is 8.24. The molecule has 0 radical (unpaired) electrons.